The molecule has 0 radical (unpaired) electrons. The summed E-state index contributed by atoms with van der Waals surface area (Å²) >= 11 is 0. The SMILES string of the molecule is CC(C)Cc1ccc(-c2ccc(-c3ccccc3)cc2)cc1. The Morgan fingerprint density at radius 3 is 1.41 bits per heavy atom. The Morgan fingerprint density at radius 2 is 0.955 bits per heavy atom. The number of hydrogen-bond acceptors (Lipinski definition) is 0. The molecule has 0 nitrogen and oxygen atoms in total. The van der Waals surface area contributed by atoms with E-state index < -0.39 is 0 Å². The van der Waals surface area contributed by atoms with Crippen molar-refractivity contribution in [3.63, 3.8) is 0 Å². The van der Waals surface area contributed by atoms with Gasteiger partial charge in [-0.2, -0.15) is 0 Å². The molecule has 3 aromatic carbocycles. The Hall–Kier alpha value is -2.34. The van der Waals surface area contributed by atoms with Crippen molar-refractivity contribution >= 4 is 0 Å². The lowest BCUT2D eigenvalue weighted by Gasteiger charge is -2.08. The van der Waals surface area contributed by atoms with Gasteiger partial charge in [-0.1, -0.05) is 92.7 Å². The molecule has 0 N–H and O–H groups in total. The van der Waals surface area contributed by atoms with Crippen molar-refractivity contribution in [1.82, 2.24) is 0 Å². The molecule has 0 amide bonds. The van der Waals surface area contributed by atoms with Gasteiger partial charge < -0.3 is 0 Å². The zero-order valence-corrected chi connectivity index (χ0v) is 13.3. The van der Waals surface area contributed by atoms with Gasteiger partial charge in [-0.3, -0.25) is 0 Å². The van der Waals surface area contributed by atoms with Crippen molar-refractivity contribution in [3.05, 3.63) is 84.4 Å². The van der Waals surface area contributed by atoms with Gasteiger partial charge in [0.15, 0.2) is 0 Å². The summed E-state index contributed by atoms with van der Waals surface area (Å²) in [7, 11) is 0. The average molecular weight is 286 g/mol. The first-order chi connectivity index (χ1) is 10.7. The summed E-state index contributed by atoms with van der Waals surface area (Å²) in [6.45, 7) is 4.52. The van der Waals surface area contributed by atoms with Crippen LogP contribution in [0.15, 0.2) is 78.9 Å². The first kappa shape index (κ1) is 14.6. The zero-order valence-electron chi connectivity index (χ0n) is 13.3. The van der Waals surface area contributed by atoms with Crippen LogP contribution in [0.25, 0.3) is 22.3 Å². The molecule has 110 valence electrons. The molecule has 0 fully saturated rings. The van der Waals surface area contributed by atoms with Crippen LogP contribution in [0.3, 0.4) is 0 Å². The Bertz CT molecular complexity index is 704. The van der Waals surface area contributed by atoms with E-state index in [1.54, 1.807) is 0 Å². The van der Waals surface area contributed by atoms with E-state index in [2.05, 4.69) is 92.7 Å². The smallest absolute Gasteiger partial charge is 0.0184 e. The Labute approximate surface area is 133 Å². The Balaban J connectivity index is 1.81. The van der Waals surface area contributed by atoms with Crippen LogP contribution in [0.2, 0.25) is 0 Å². The molecule has 0 heteroatoms. The summed E-state index contributed by atoms with van der Waals surface area (Å²) in [5.74, 6) is 0.705. The third kappa shape index (κ3) is 3.46. The van der Waals surface area contributed by atoms with Gasteiger partial charge in [0.25, 0.3) is 0 Å². The van der Waals surface area contributed by atoms with E-state index in [0.29, 0.717) is 5.92 Å². The van der Waals surface area contributed by atoms with Crippen LogP contribution in [-0.4, -0.2) is 0 Å². The maximum atomic E-state index is 2.26. The largest absolute Gasteiger partial charge is 0.0625 e. The number of hydrogen-bond donors (Lipinski definition) is 0. The van der Waals surface area contributed by atoms with E-state index in [1.807, 2.05) is 0 Å². The van der Waals surface area contributed by atoms with Crippen LogP contribution in [-0.2, 0) is 6.42 Å². The number of rotatable bonds is 4. The molecule has 0 aliphatic carbocycles. The van der Waals surface area contributed by atoms with Gasteiger partial charge in [0, 0.05) is 0 Å². The maximum absolute atomic E-state index is 2.26. The topological polar surface area (TPSA) is 0 Å². The highest BCUT2D eigenvalue weighted by molar-refractivity contribution is 5.70. The molecule has 3 aromatic rings. The van der Waals surface area contributed by atoms with E-state index in [0.717, 1.165) is 6.42 Å². The molecule has 0 aromatic heterocycles. The number of benzene rings is 3. The second kappa shape index (κ2) is 6.62. The molecule has 0 atom stereocenters. The molecule has 22 heavy (non-hydrogen) atoms. The highest BCUT2D eigenvalue weighted by Gasteiger charge is 2.02. The molecular weight excluding hydrogens is 264 g/mol. The van der Waals surface area contributed by atoms with Gasteiger partial charge >= 0.3 is 0 Å². The van der Waals surface area contributed by atoms with Crippen molar-refractivity contribution in [2.75, 3.05) is 0 Å². The Kier molecular flexibility index (Phi) is 4.39. The molecule has 0 spiro atoms. The lowest BCUT2D eigenvalue weighted by atomic mass is 9.97. The van der Waals surface area contributed by atoms with Crippen molar-refractivity contribution in [2.45, 2.75) is 20.3 Å². The fraction of sp³-hybridized carbons (Fsp3) is 0.182. The second-order valence-corrected chi connectivity index (χ2v) is 6.24. The third-order valence-corrected chi connectivity index (χ3v) is 3.92. The van der Waals surface area contributed by atoms with E-state index >= 15 is 0 Å². The quantitative estimate of drug-likeness (QED) is 0.534. The van der Waals surface area contributed by atoms with Crippen LogP contribution < -0.4 is 0 Å². The van der Waals surface area contributed by atoms with Crippen LogP contribution in [0.1, 0.15) is 19.4 Å². The summed E-state index contributed by atoms with van der Waals surface area (Å²) in [4.78, 5) is 0. The summed E-state index contributed by atoms with van der Waals surface area (Å²) in [5.41, 5.74) is 6.50. The van der Waals surface area contributed by atoms with Crippen molar-refractivity contribution < 1.29 is 0 Å². The van der Waals surface area contributed by atoms with Gasteiger partial charge in [0.2, 0.25) is 0 Å². The first-order valence-electron chi connectivity index (χ1n) is 7.97. The molecule has 3 rings (SSSR count). The van der Waals surface area contributed by atoms with Crippen LogP contribution in [0.5, 0.6) is 0 Å². The van der Waals surface area contributed by atoms with Gasteiger partial charge in [-0.05, 0) is 40.2 Å². The van der Waals surface area contributed by atoms with E-state index in [4.69, 9.17) is 0 Å². The summed E-state index contributed by atoms with van der Waals surface area (Å²) in [6.07, 6.45) is 1.15. The fourth-order valence-corrected chi connectivity index (χ4v) is 2.79. The minimum absolute atomic E-state index is 0.705. The second-order valence-electron chi connectivity index (χ2n) is 6.24. The van der Waals surface area contributed by atoms with Crippen LogP contribution in [0.4, 0.5) is 0 Å². The van der Waals surface area contributed by atoms with Crippen molar-refractivity contribution in [3.8, 4) is 22.3 Å². The predicted molar refractivity (Wildman–Crippen MR) is 95.9 cm³/mol. The predicted octanol–water partition coefficient (Wildman–Crippen LogP) is 6.22. The van der Waals surface area contributed by atoms with Crippen LogP contribution >= 0.6 is 0 Å². The normalized spacial score (nSPS) is 10.9. The zero-order chi connectivity index (χ0) is 15.4. The molecular formula is C22H22. The van der Waals surface area contributed by atoms with Crippen LogP contribution in [0, 0.1) is 5.92 Å². The molecule has 0 unspecified atom stereocenters. The minimum atomic E-state index is 0.705. The average Bonchev–Trinajstić information content (AvgIpc) is 2.56. The minimum Gasteiger partial charge on any atom is -0.0625 e. The highest BCUT2D eigenvalue weighted by Crippen LogP contribution is 2.25. The van der Waals surface area contributed by atoms with Crippen molar-refractivity contribution in [2.24, 2.45) is 5.92 Å². The lowest BCUT2D eigenvalue weighted by molar-refractivity contribution is 0.647. The van der Waals surface area contributed by atoms with Gasteiger partial charge in [0.1, 0.15) is 0 Å². The maximum Gasteiger partial charge on any atom is -0.0184 e. The summed E-state index contributed by atoms with van der Waals surface area (Å²) in [5, 5.41) is 0. The fourth-order valence-electron chi connectivity index (χ4n) is 2.79. The Morgan fingerprint density at radius 1 is 0.545 bits per heavy atom. The third-order valence-electron chi connectivity index (χ3n) is 3.92. The standard InChI is InChI=1S/C22H22/c1-17(2)16-18-8-10-20(11-9-18)22-14-12-21(13-15-22)19-6-4-3-5-7-19/h3-15,17H,16H2,1-2H3. The molecule has 0 bridgehead atoms. The lowest BCUT2D eigenvalue weighted by Crippen LogP contribution is -1.93. The molecule has 0 saturated heterocycles. The van der Waals surface area contributed by atoms with Gasteiger partial charge in [0.05, 0.1) is 0 Å². The van der Waals surface area contributed by atoms with E-state index in [9.17, 15) is 0 Å². The molecule has 0 aliphatic rings. The monoisotopic (exact) mass is 286 g/mol. The van der Waals surface area contributed by atoms with E-state index in [-0.39, 0.29) is 0 Å². The highest BCUT2D eigenvalue weighted by atomic mass is 14.1. The molecule has 0 aliphatic heterocycles. The van der Waals surface area contributed by atoms with Gasteiger partial charge in [-0.15, -0.1) is 0 Å². The summed E-state index contributed by atoms with van der Waals surface area (Å²) in [6, 6.07) is 28.3. The van der Waals surface area contributed by atoms with Crippen molar-refractivity contribution in [1.29, 1.82) is 0 Å². The molecule has 0 saturated carbocycles. The van der Waals surface area contributed by atoms with E-state index in [1.165, 1.54) is 27.8 Å². The molecule has 0 heterocycles. The summed E-state index contributed by atoms with van der Waals surface area (Å²) < 4.78 is 0. The first-order valence-corrected chi connectivity index (χ1v) is 7.97. The van der Waals surface area contributed by atoms with Gasteiger partial charge in [-0.25, -0.2) is 0 Å².